The first-order valence-electron chi connectivity index (χ1n) is 14.5. The summed E-state index contributed by atoms with van der Waals surface area (Å²) in [4.78, 5) is 61.6. The molecule has 4 fully saturated rings. The first kappa shape index (κ1) is 27.7. The fraction of sp³-hybridized carbons (Fsp3) is 0.333. The van der Waals surface area contributed by atoms with Gasteiger partial charge >= 0.3 is 6.03 Å². The van der Waals surface area contributed by atoms with E-state index >= 15 is 0 Å². The molecule has 4 atom stereocenters. The minimum Gasteiger partial charge on any atom is -0.300 e. The average Bonchev–Trinajstić information content (AvgIpc) is 3.52. The number of fused-ring (bicyclic) bond motifs is 3. The second-order valence-corrected chi connectivity index (χ2v) is 12.3. The van der Waals surface area contributed by atoms with Gasteiger partial charge in [0.2, 0.25) is 11.8 Å². The Morgan fingerprint density at radius 3 is 2.19 bits per heavy atom. The van der Waals surface area contributed by atoms with Crippen LogP contribution >= 0.6 is 11.6 Å². The number of imide groups is 2. The summed E-state index contributed by atoms with van der Waals surface area (Å²) in [5.74, 6) is -4.98. The monoisotopic (exact) mass is 603 g/mol. The van der Waals surface area contributed by atoms with E-state index in [4.69, 9.17) is 11.6 Å². The first-order valence-corrected chi connectivity index (χ1v) is 14.9. The van der Waals surface area contributed by atoms with E-state index < -0.39 is 58.8 Å². The molecule has 3 aliphatic heterocycles. The molecule has 10 heteroatoms. The molecule has 0 N–H and O–H groups in total. The fourth-order valence-electron chi connectivity index (χ4n) is 7.75. The number of rotatable bonds is 5. The lowest BCUT2D eigenvalue weighted by atomic mass is 9.75. The number of nitrogens with zero attached hydrogens (tertiary/aromatic N) is 3. The Morgan fingerprint density at radius 1 is 0.814 bits per heavy atom. The Kier molecular flexibility index (Phi) is 6.61. The van der Waals surface area contributed by atoms with Gasteiger partial charge < -0.3 is 4.90 Å². The van der Waals surface area contributed by atoms with Crippen LogP contribution in [-0.2, 0) is 20.8 Å². The van der Waals surface area contributed by atoms with E-state index in [2.05, 4.69) is 0 Å². The molecule has 3 saturated heterocycles. The van der Waals surface area contributed by atoms with Gasteiger partial charge in [0.15, 0.2) is 0 Å². The zero-order chi connectivity index (χ0) is 30.0. The van der Waals surface area contributed by atoms with Crippen LogP contribution in [0.15, 0.2) is 72.8 Å². The van der Waals surface area contributed by atoms with E-state index in [1.54, 1.807) is 24.3 Å². The van der Waals surface area contributed by atoms with Crippen molar-refractivity contribution in [2.75, 3.05) is 4.90 Å². The summed E-state index contributed by atoms with van der Waals surface area (Å²) in [6.07, 6.45) is 4.05. The molecule has 3 heterocycles. The Balaban J connectivity index is 1.45. The van der Waals surface area contributed by atoms with Crippen LogP contribution in [0.25, 0.3) is 0 Å². The maximum Gasteiger partial charge on any atom is 0.332 e. The molecule has 0 aromatic heterocycles. The Labute approximate surface area is 252 Å². The van der Waals surface area contributed by atoms with Crippen LogP contribution in [0.1, 0.15) is 49.3 Å². The highest BCUT2D eigenvalue weighted by Gasteiger charge is 2.77. The van der Waals surface area contributed by atoms with E-state index in [-0.39, 0.29) is 18.2 Å². The lowest BCUT2D eigenvalue weighted by Crippen LogP contribution is -2.56. The number of carbonyl (C=O) groups is 4. The smallest absolute Gasteiger partial charge is 0.300 e. The van der Waals surface area contributed by atoms with Gasteiger partial charge in [0.05, 0.1) is 23.6 Å². The van der Waals surface area contributed by atoms with E-state index in [9.17, 15) is 28.0 Å². The number of likely N-dealkylation sites (tertiary alicyclic amines) is 1. The van der Waals surface area contributed by atoms with Gasteiger partial charge in [-0.1, -0.05) is 61.2 Å². The summed E-state index contributed by atoms with van der Waals surface area (Å²) in [6, 6.07) is 15.3. The van der Waals surface area contributed by atoms with Crippen molar-refractivity contribution in [2.24, 2.45) is 11.8 Å². The molecule has 1 aliphatic carbocycles. The molecule has 0 radical (unpaired) electrons. The Hall–Kier alpha value is -4.11. The highest BCUT2D eigenvalue weighted by atomic mass is 35.5. The summed E-state index contributed by atoms with van der Waals surface area (Å²) < 4.78 is 28.5. The van der Waals surface area contributed by atoms with Crippen LogP contribution in [-0.4, -0.2) is 45.1 Å². The van der Waals surface area contributed by atoms with E-state index in [1.165, 1.54) is 52.3 Å². The molecule has 1 saturated carbocycles. The van der Waals surface area contributed by atoms with Gasteiger partial charge in [0.25, 0.3) is 5.91 Å². The molecule has 0 unspecified atom stereocenters. The molecule has 0 spiro atoms. The quantitative estimate of drug-likeness (QED) is 0.262. The van der Waals surface area contributed by atoms with Crippen molar-refractivity contribution in [3.63, 3.8) is 0 Å². The minimum absolute atomic E-state index is 0.0233. The number of anilines is 1. The van der Waals surface area contributed by atoms with Crippen LogP contribution < -0.4 is 4.90 Å². The van der Waals surface area contributed by atoms with Gasteiger partial charge in [-0.15, -0.1) is 0 Å². The lowest BCUT2D eigenvalue weighted by molar-refractivity contribution is -0.147. The number of amides is 5. The summed E-state index contributed by atoms with van der Waals surface area (Å²) in [5.41, 5.74) is -0.707. The number of carbonyl (C=O) groups excluding carboxylic acids is 4. The molecular weight excluding hydrogens is 576 g/mol. The molecule has 0 bridgehead atoms. The third-order valence-corrected chi connectivity index (χ3v) is 9.78. The van der Waals surface area contributed by atoms with Crippen molar-refractivity contribution >= 4 is 41.0 Å². The first-order chi connectivity index (χ1) is 20.7. The highest BCUT2D eigenvalue weighted by Crippen LogP contribution is 2.60. The maximum absolute atomic E-state index is 14.8. The van der Waals surface area contributed by atoms with Crippen molar-refractivity contribution in [2.45, 2.75) is 56.1 Å². The number of hydrogen-bond acceptors (Lipinski definition) is 4. The molecule has 7 rings (SSSR count). The molecule has 3 aromatic carbocycles. The largest absolute Gasteiger partial charge is 0.332 e. The Morgan fingerprint density at radius 2 is 1.51 bits per heavy atom. The molecule has 220 valence electrons. The van der Waals surface area contributed by atoms with E-state index in [1.807, 2.05) is 0 Å². The standard InChI is InChI=1S/C33H28ClF2N3O4/c34-21-13-9-19(10-14-21)18-33-27-26(29(40)37(30(27)41)24-6-2-1-3-7-24)28(20-11-15-22(35)16-12-20)39(33)32(43)38(31(33)42)25-8-4-5-23(36)17-25/h4-5,8-17,24,26-28H,1-3,6-7,18H2/t26-,27-,28-,33-/m1/s1. The zero-order valence-electron chi connectivity index (χ0n) is 23.1. The molecule has 5 amide bonds. The maximum atomic E-state index is 14.8. The number of benzene rings is 3. The topological polar surface area (TPSA) is 78.0 Å². The number of halogens is 3. The van der Waals surface area contributed by atoms with Crippen LogP contribution in [0.3, 0.4) is 0 Å². The summed E-state index contributed by atoms with van der Waals surface area (Å²) in [7, 11) is 0. The van der Waals surface area contributed by atoms with Crippen LogP contribution in [0.5, 0.6) is 0 Å². The van der Waals surface area contributed by atoms with Crippen LogP contribution in [0.2, 0.25) is 5.02 Å². The predicted molar refractivity (Wildman–Crippen MR) is 154 cm³/mol. The molecule has 4 aliphatic rings. The van der Waals surface area contributed by atoms with Crippen molar-refractivity contribution < 1.29 is 28.0 Å². The van der Waals surface area contributed by atoms with Crippen molar-refractivity contribution in [3.05, 3.63) is 101 Å². The second-order valence-electron chi connectivity index (χ2n) is 11.8. The van der Waals surface area contributed by atoms with Gasteiger partial charge in [0.1, 0.15) is 17.2 Å². The minimum atomic E-state index is -1.79. The van der Waals surface area contributed by atoms with Crippen LogP contribution in [0, 0.1) is 23.5 Å². The van der Waals surface area contributed by atoms with Crippen molar-refractivity contribution in [1.29, 1.82) is 0 Å². The van der Waals surface area contributed by atoms with Gasteiger partial charge in [-0.2, -0.15) is 0 Å². The van der Waals surface area contributed by atoms with Crippen LogP contribution in [0.4, 0.5) is 19.3 Å². The third kappa shape index (κ3) is 4.12. The average molecular weight is 604 g/mol. The normalized spacial score (nSPS) is 27.3. The SMILES string of the molecule is O=C1[C@H]2[C@@H](c3ccc(F)cc3)N3C(=O)N(c4cccc(F)c4)C(=O)[C@@]3(Cc3ccc(Cl)cc3)[C@H]2C(=O)N1C1CCCCC1. The molecular formula is C33H28ClF2N3O4. The second kappa shape index (κ2) is 10.3. The zero-order valence-corrected chi connectivity index (χ0v) is 23.8. The molecule has 7 nitrogen and oxygen atoms in total. The van der Waals surface area contributed by atoms with Gasteiger partial charge in [-0.3, -0.25) is 19.3 Å². The third-order valence-electron chi connectivity index (χ3n) is 9.52. The highest BCUT2D eigenvalue weighted by molar-refractivity contribution is 6.30. The van der Waals surface area contributed by atoms with E-state index in [0.717, 1.165) is 30.2 Å². The van der Waals surface area contributed by atoms with Gasteiger partial charge in [-0.05, 0) is 66.4 Å². The lowest BCUT2D eigenvalue weighted by Gasteiger charge is -2.37. The van der Waals surface area contributed by atoms with Crippen molar-refractivity contribution in [3.8, 4) is 0 Å². The fourth-order valence-corrected chi connectivity index (χ4v) is 7.88. The number of hydrogen-bond donors (Lipinski definition) is 0. The summed E-state index contributed by atoms with van der Waals surface area (Å²) in [5, 5.41) is 0.470. The Bertz CT molecular complexity index is 1640. The molecule has 43 heavy (non-hydrogen) atoms. The summed E-state index contributed by atoms with van der Waals surface area (Å²) in [6.45, 7) is 0. The van der Waals surface area contributed by atoms with Crippen molar-refractivity contribution in [1.82, 2.24) is 9.80 Å². The predicted octanol–water partition coefficient (Wildman–Crippen LogP) is 6.06. The molecule has 3 aromatic rings. The van der Waals surface area contributed by atoms with Gasteiger partial charge in [-0.25, -0.2) is 18.5 Å². The van der Waals surface area contributed by atoms with Gasteiger partial charge in [0, 0.05) is 17.5 Å². The summed E-state index contributed by atoms with van der Waals surface area (Å²) >= 11 is 6.15. The number of urea groups is 1. The van der Waals surface area contributed by atoms with E-state index in [0.29, 0.717) is 29.0 Å².